The molecule has 2 aliphatic rings. The van der Waals surface area contributed by atoms with E-state index in [1.54, 1.807) is 6.07 Å². The van der Waals surface area contributed by atoms with Gasteiger partial charge in [0.2, 0.25) is 17.6 Å². The van der Waals surface area contributed by atoms with E-state index in [9.17, 15) is 41.8 Å². The highest BCUT2D eigenvalue weighted by Gasteiger charge is 2.65. The highest BCUT2D eigenvalue weighted by molar-refractivity contribution is 5.98. The molecule has 13 nitrogen and oxygen atoms in total. The van der Waals surface area contributed by atoms with Gasteiger partial charge in [0.25, 0.3) is 5.91 Å². The summed E-state index contributed by atoms with van der Waals surface area (Å²) in [6, 6.07) is 17.6. The van der Waals surface area contributed by atoms with Crippen molar-refractivity contribution in [2.75, 3.05) is 11.9 Å². The van der Waals surface area contributed by atoms with Crippen molar-refractivity contribution in [2.45, 2.75) is 94.7 Å². The van der Waals surface area contributed by atoms with E-state index in [-0.39, 0.29) is 53.4 Å². The first-order valence-electron chi connectivity index (χ1n) is 19.6. The topological polar surface area (TPSA) is 212 Å². The number of carbonyl (C=O) groups excluding carboxylic acids is 3. The van der Waals surface area contributed by atoms with Crippen LogP contribution in [0, 0.1) is 18.8 Å². The Hall–Kier alpha value is -5.68. The lowest BCUT2D eigenvalue weighted by Gasteiger charge is -2.28. The number of carboxylic acids is 1. The van der Waals surface area contributed by atoms with Gasteiger partial charge in [-0.05, 0) is 129 Å². The molecule has 0 bridgehead atoms. The van der Waals surface area contributed by atoms with E-state index < -0.39 is 35.6 Å². The van der Waals surface area contributed by atoms with Gasteiger partial charge in [0.15, 0.2) is 5.82 Å². The number of H-pyrrole nitrogens is 1. The van der Waals surface area contributed by atoms with Gasteiger partial charge in [0, 0.05) is 35.2 Å². The van der Waals surface area contributed by atoms with E-state index in [0.29, 0.717) is 43.7 Å². The van der Waals surface area contributed by atoms with E-state index in [1.165, 1.54) is 24.3 Å². The lowest BCUT2D eigenvalue weighted by atomic mass is 9.81. The second kappa shape index (κ2) is 18.1. The number of aryl methyl sites for hydroxylation is 1. The molecular weight excluding hydrogens is 774 g/mol. The molecule has 2 fully saturated rings. The number of carboxylic acid groups (broad SMARTS) is 1. The van der Waals surface area contributed by atoms with Crippen LogP contribution >= 0.6 is 0 Å². The van der Waals surface area contributed by atoms with Gasteiger partial charge in [-0.3, -0.25) is 14.4 Å². The van der Waals surface area contributed by atoms with Crippen molar-refractivity contribution in [2.24, 2.45) is 17.6 Å². The van der Waals surface area contributed by atoms with E-state index >= 15 is 0 Å². The molecule has 4 aromatic rings. The zero-order chi connectivity index (χ0) is 42.5. The van der Waals surface area contributed by atoms with Crippen LogP contribution in [0.15, 0.2) is 66.7 Å². The van der Waals surface area contributed by atoms with Crippen molar-refractivity contribution in [3.63, 3.8) is 0 Å². The zero-order valence-corrected chi connectivity index (χ0v) is 32.3. The molecule has 6 rings (SSSR count). The number of aliphatic carboxylic acids is 1. The Bertz CT molecular complexity index is 2130. The summed E-state index contributed by atoms with van der Waals surface area (Å²) < 4.78 is 55.9. The fourth-order valence-electron chi connectivity index (χ4n) is 7.59. The van der Waals surface area contributed by atoms with Gasteiger partial charge >= 0.3 is 17.8 Å². The van der Waals surface area contributed by atoms with Crippen LogP contribution in [0.5, 0.6) is 0 Å². The molecule has 1 unspecified atom stereocenters. The predicted molar refractivity (Wildman–Crippen MR) is 209 cm³/mol. The van der Waals surface area contributed by atoms with E-state index in [4.69, 9.17) is 10.8 Å². The van der Waals surface area contributed by atoms with Crippen LogP contribution in [0.1, 0.15) is 78.7 Å². The number of aromatic nitrogens is 3. The predicted octanol–water partition coefficient (Wildman–Crippen LogP) is 5.72. The van der Waals surface area contributed by atoms with Gasteiger partial charge < -0.3 is 36.9 Å². The van der Waals surface area contributed by atoms with E-state index in [1.807, 2.05) is 48.3 Å². The van der Waals surface area contributed by atoms with Crippen molar-refractivity contribution in [1.29, 1.82) is 0 Å². The van der Waals surface area contributed by atoms with Crippen LogP contribution in [0.3, 0.4) is 0 Å². The largest absolute Gasteiger partial charge is 0.477 e. The summed E-state index contributed by atoms with van der Waals surface area (Å²) in [7, 11) is 0. The minimum Gasteiger partial charge on any atom is -0.477 e. The van der Waals surface area contributed by atoms with Crippen LogP contribution in [0.2, 0.25) is 0 Å². The van der Waals surface area contributed by atoms with Gasteiger partial charge in [-0.15, -0.1) is 10.2 Å². The fourth-order valence-corrected chi connectivity index (χ4v) is 7.59. The molecule has 1 atom stereocenters. The summed E-state index contributed by atoms with van der Waals surface area (Å²) in [4.78, 5) is 52.9. The second-order valence-corrected chi connectivity index (χ2v) is 15.5. The number of nitrogens with two attached hydrogens (primary N) is 1. The molecule has 3 amide bonds. The first-order valence-corrected chi connectivity index (χ1v) is 19.6. The summed E-state index contributed by atoms with van der Waals surface area (Å²) in [5.41, 5.74) is 10.2. The maximum atomic E-state index is 14.3. The molecule has 17 heteroatoms. The summed E-state index contributed by atoms with van der Waals surface area (Å²) in [6.07, 6.45) is 5.53. The summed E-state index contributed by atoms with van der Waals surface area (Å²) in [6.45, 7) is 2.47. The summed E-state index contributed by atoms with van der Waals surface area (Å²) in [5, 5.41) is 33.6. The smallest absolute Gasteiger partial charge is 0.411 e. The molecule has 0 radical (unpaired) electrons. The number of anilines is 1. The number of nitrogens with zero attached hydrogens (tertiary/aromatic N) is 2. The summed E-state index contributed by atoms with van der Waals surface area (Å²) in [5.74, 6) is -16.5. The van der Waals surface area contributed by atoms with Crippen LogP contribution in [-0.2, 0) is 26.7 Å². The highest BCUT2D eigenvalue weighted by atomic mass is 19.3. The van der Waals surface area contributed by atoms with Crippen molar-refractivity contribution in [3.8, 4) is 22.5 Å². The number of rotatable bonds is 14. The van der Waals surface area contributed by atoms with Crippen molar-refractivity contribution >= 4 is 29.4 Å². The van der Waals surface area contributed by atoms with Crippen LogP contribution in [-0.4, -0.2) is 79.7 Å². The lowest BCUT2D eigenvalue weighted by molar-refractivity contribution is -0.231. The first-order chi connectivity index (χ1) is 28.0. The molecule has 2 saturated carbocycles. The number of benzene rings is 3. The SMILES string of the molecule is Cc1cc(C(=O)N[C@H]2CC[C@H](O)CC2)ccc1-c1ccc(CC(NC(=O)[C@H]2CC[C@H](CN)CC2)C(=O)Nc2ccc(-c3nnc(C(F)(F)C(F)(F)C(=O)O)[nH]3)cc2)cc1. The van der Waals surface area contributed by atoms with Gasteiger partial charge in [-0.25, -0.2) is 4.79 Å². The van der Waals surface area contributed by atoms with Gasteiger partial charge in [0.1, 0.15) is 6.04 Å². The molecule has 0 aliphatic heterocycles. The Labute approximate surface area is 337 Å². The number of alkyl halides is 4. The maximum absolute atomic E-state index is 14.3. The van der Waals surface area contributed by atoms with E-state index in [0.717, 1.165) is 47.9 Å². The maximum Gasteiger partial charge on any atom is 0.411 e. The Morgan fingerprint density at radius 2 is 1.51 bits per heavy atom. The first kappa shape index (κ1) is 42.9. The molecule has 3 aromatic carbocycles. The minimum atomic E-state index is -5.44. The number of halogens is 4. The Balaban J connectivity index is 1.14. The van der Waals surface area contributed by atoms with Crippen LogP contribution in [0.4, 0.5) is 23.2 Å². The Kier molecular flexibility index (Phi) is 13.1. The standard InChI is InChI=1S/C42H47F4N7O6/c1-23-20-29(37(56)48-31-15-17-32(54)18-16-31)12-19-33(23)26-6-2-24(3-7-26)21-34(50-36(55)28-8-4-25(22-47)5-9-28)38(57)49-30-13-10-27(11-14-30)35-51-39(53-52-35)41(43,44)42(45,46)40(58)59/h2-3,6-7,10-14,19-20,25,28,31-32,34,54H,4-5,8-9,15-18,21-22,47H2,1H3,(H,48,56)(H,49,57)(H,50,55)(H,58,59)(H,51,52,53)/t25-,28-,31-,32-,34?. The highest BCUT2D eigenvalue weighted by Crippen LogP contribution is 2.42. The molecule has 1 aromatic heterocycles. The molecular formula is C42H47F4N7O6. The third kappa shape index (κ3) is 9.96. The molecule has 8 N–H and O–H groups in total. The molecule has 59 heavy (non-hydrogen) atoms. The van der Waals surface area contributed by atoms with Crippen LogP contribution in [0.25, 0.3) is 22.5 Å². The number of aliphatic hydroxyl groups is 1. The minimum absolute atomic E-state index is 0.0295. The number of carbonyl (C=O) groups is 4. The monoisotopic (exact) mass is 821 g/mol. The zero-order valence-electron chi connectivity index (χ0n) is 32.3. The lowest BCUT2D eigenvalue weighted by Crippen LogP contribution is -2.48. The number of nitrogens with one attached hydrogen (secondary N) is 4. The van der Waals surface area contributed by atoms with Gasteiger partial charge in [0.05, 0.1) is 6.10 Å². The molecule has 314 valence electrons. The quantitative estimate of drug-likeness (QED) is 0.0774. The number of aromatic amines is 1. The normalized spacial score (nSPS) is 20.3. The van der Waals surface area contributed by atoms with E-state index in [2.05, 4.69) is 26.1 Å². The molecule has 0 saturated heterocycles. The number of hydrogen-bond donors (Lipinski definition) is 7. The fraction of sp³-hybridized carbons (Fsp3) is 0.429. The molecule has 2 aliphatic carbocycles. The number of aliphatic hydroxyl groups excluding tert-OH is 1. The number of hydrogen-bond acceptors (Lipinski definition) is 8. The third-order valence-electron chi connectivity index (χ3n) is 11.3. The summed E-state index contributed by atoms with van der Waals surface area (Å²) >= 11 is 0. The van der Waals surface area contributed by atoms with Gasteiger partial charge in [-0.2, -0.15) is 17.6 Å². The van der Waals surface area contributed by atoms with Crippen LogP contribution < -0.4 is 21.7 Å². The second-order valence-electron chi connectivity index (χ2n) is 15.5. The van der Waals surface area contributed by atoms with Crippen molar-refractivity contribution in [1.82, 2.24) is 25.8 Å². The Morgan fingerprint density at radius 1 is 0.864 bits per heavy atom. The third-order valence-corrected chi connectivity index (χ3v) is 11.3. The van der Waals surface area contributed by atoms with Crippen molar-refractivity contribution < 1.29 is 47.0 Å². The molecule has 0 spiro atoms. The number of amides is 3. The Morgan fingerprint density at radius 3 is 2.12 bits per heavy atom. The average Bonchev–Trinajstić information content (AvgIpc) is 3.73. The molecule has 1 heterocycles. The average molecular weight is 822 g/mol. The van der Waals surface area contributed by atoms with Gasteiger partial charge in [-0.1, -0.05) is 30.3 Å². The van der Waals surface area contributed by atoms with Crippen molar-refractivity contribution in [3.05, 3.63) is 89.2 Å².